The Morgan fingerprint density at radius 1 is 1.45 bits per heavy atom. The van der Waals surface area contributed by atoms with Crippen molar-refractivity contribution >= 4 is 22.9 Å². The van der Waals surface area contributed by atoms with Crippen LogP contribution in [0.25, 0.3) is 0 Å². The van der Waals surface area contributed by atoms with Crippen LogP contribution in [-0.4, -0.2) is 36.6 Å². The predicted molar refractivity (Wildman–Crippen MR) is 81.0 cm³/mol. The van der Waals surface area contributed by atoms with Crippen molar-refractivity contribution in [2.45, 2.75) is 12.8 Å². The summed E-state index contributed by atoms with van der Waals surface area (Å²) in [4.78, 5) is 2.22. The van der Waals surface area contributed by atoms with Crippen LogP contribution < -0.4 is 11.1 Å². The molecular formula is C14H19F2N3S. The summed E-state index contributed by atoms with van der Waals surface area (Å²) in [5.41, 5.74) is 5.49. The van der Waals surface area contributed by atoms with Gasteiger partial charge in [0, 0.05) is 18.7 Å². The van der Waals surface area contributed by atoms with Gasteiger partial charge in [-0.3, -0.25) is 0 Å². The van der Waals surface area contributed by atoms with E-state index in [1.165, 1.54) is 12.1 Å². The Morgan fingerprint density at radius 2 is 2.10 bits per heavy atom. The van der Waals surface area contributed by atoms with Crippen molar-refractivity contribution in [2.24, 2.45) is 11.7 Å². The average Bonchev–Trinajstić information content (AvgIpc) is 2.37. The summed E-state index contributed by atoms with van der Waals surface area (Å²) in [5.74, 6) is -0.906. The lowest BCUT2D eigenvalue weighted by Crippen LogP contribution is -2.35. The van der Waals surface area contributed by atoms with Crippen LogP contribution in [0.15, 0.2) is 12.1 Å². The van der Waals surface area contributed by atoms with Gasteiger partial charge in [0.05, 0.1) is 0 Å². The number of hydrogen-bond acceptors (Lipinski definition) is 3. The van der Waals surface area contributed by atoms with Crippen LogP contribution in [0.1, 0.15) is 18.4 Å². The molecule has 0 aromatic heterocycles. The molecule has 2 rings (SSSR count). The molecule has 1 aliphatic heterocycles. The van der Waals surface area contributed by atoms with Gasteiger partial charge in [-0.2, -0.15) is 0 Å². The van der Waals surface area contributed by atoms with Crippen molar-refractivity contribution < 1.29 is 8.78 Å². The zero-order valence-corrected chi connectivity index (χ0v) is 12.3. The van der Waals surface area contributed by atoms with E-state index in [2.05, 4.69) is 17.3 Å². The largest absolute Gasteiger partial charge is 0.389 e. The van der Waals surface area contributed by atoms with E-state index >= 15 is 0 Å². The van der Waals surface area contributed by atoms with Crippen molar-refractivity contribution in [3.63, 3.8) is 0 Å². The van der Waals surface area contributed by atoms with Gasteiger partial charge in [0.1, 0.15) is 22.3 Å². The van der Waals surface area contributed by atoms with Crippen molar-refractivity contribution in [1.29, 1.82) is 0 Å². The quantitative estimate of drug-likeness (QED) is 0.838. The average molecular weight is 299 g/mol. The number of nitrogens with two attached hydrogens (primary N) is 1. The van der Waals surface area contributed by atoms with Crippen LogP contribution in [0.2, 0.25) is 0 Å². The van der Waals surface area contributed by atoms with Crippen molar-refractivity contribution in [1.82, 2.24) is 4.90 Å². The van der Waals surface area contributed by atoms with Crippen molar-refractivity contribution in [2.75, 3.05) is 32.0 Å². The Morgan fingerprint density at radius 3 is 2.65 bits per heavy atom. The van der Waals surface area contributed by atoms with E-state index in [0.29, 0.717) is 12.5 Å². The molecule has 1 atom stereocenters. The number of anilines is 1. The first-order valence-electron chi connectivity index (χ1n) is 6.68. The van der Waals surface area contributed by atoms with E-state index in [9.17, 15) is 8.78 Å². The molecule has 0 saturated carbocycles. The molecule has 1 fully saturated rings. The standard InChI is InChI=1S/C14H19F2N3S/c1-19-4-2-3-9(8-19)7-18-13-11(15)5-10(14(17)20)6-12(13)16/h5-6,9,18H,2-4,7-8H2,1H3,(H2,17,20). The second-order valence-corrected chi connectivity index (χ2v) is 5.77. The van der Waals surface area contributed by atoms with E-state index < -0.39 is 11.6 Å². The van der Waals surface area contributed by atoms with E-state index in [0.717, 1.165) is 25.9 Å². The summed E-state index contributed by atoms with van der Waals surface area (Å²) in [6, 6.07) is 2.33. The fourth-order valence-corrected chi connectivity index (χ4v) is 2.69. The third-order valence-corrected chi connectivity index (χ3v) is 3.85. The Bertz CT molecular complexity index is 484. The molecule has 0 radical (unpaired) electrons. The predicted octanol–water partition coefficient (Wildman–Crippen LogP) is 2.35. The molecular weight excluding hydrogens is 280 g/mol. The minimum atomic E-state index is -0.656. The molecule has 1 aliphatic rings. The lowest BCUT2D eigenvalue weighted by Gasteiger charge is -2.30. The van der Waals surface area contributed by atoms with Crippen LogP contribution in [0, 0.1) is 17.6 Å². The Hall–Kier alpha value is -1.27. The normalized spacial score (nSPS) is 19.9. The fraction of sp³-hybridized carbons (Fsp3) is 0.500. The van der Waals surface area contributed by atoms with Gasteiger partial charge in [0.2, 0.25) is 0 Å². The van der Waals surface area contributed by atoms with Gasteiger partial charge in [-0.1, -0.05) is 12.2 Å². The first-order valence-corrected chi connectivity index (χ1v) is 7.09. The number of hydrogen-bond donors (Lipinski definition) is 2. The highest BCUT2D eigenvalue weighted by Gasteiger charge is 2.19. The molecule has 1 aromatic rings. The third kappa shape index (κ3) is 3.64. The molecule has 1 heterocycles. The molecule has 1 saturated heterocycles. The van der Waals surface area contributed by atoms with Crippen LogP contribution in [0.3, 0.4) is 0 Å². The van der Waals surface area contributed by atoms with Crippen LogP contribution in [-0.2, 0) is 0 Å². The molecule has 0 spiro atoms. The number of thiocarbonyl (C=S) groups is 1. The SMILES string of the molecule is CN1CCCC(CNc2c(F)cc(C(N)=S)cc2F)C1. The number of nitrogens with one attached hydrogen (secondary N) is 1. The summed E-state index contributed by atoms with van der Waals surface area (Å²) in [5, 5.41) is 2.88. The van der Waals surface area contributed by atoms with Crippen LogP contribution in [0.4, 0.5) is 14.5 Å². The zero-order valence-electron chi connectivity index (χ0n) is 11.5. The number of likely N-dealkylation sites (tertiary alicyclic amines) is 1. The Labute approximate surface area is 123 Å². The molecule has 1 aromatic carbocycles. The van der Waals surface area contributed by atoms with E-state index in [1.54, 1.807) is 0 Å². The number of benzene rings is 1. The molecule has 0 amide bonds. The molecule has 3 nitrogen and oxygen atoms in total. The van der Waals surface area contributed by atoms with E-state index in [-0.39, 0.29) is 16.2 Å². The first kappa shape index (κ1) is 15.1. The second-order valence-electron chi connectivity index (χ2n) is 5.33. The lowest BCUT2D eigenvalue weighted by molar-refractivity contribution is 0.217. The van der Waals surface area contributed by atoms with E-state index in [1.807, 2.05) is 0 Å². The molecule has 110 valence electrons. The van der Waals surface area contributed by atoms with Crippen LogP contribution in [0.5, 0.6) is 0 Å². The number of nitrogens with zero attached hydrogens (tertiary/aromatic N) is 1. The van der Waals surface area contributed by atoms with Gasteiger partial charge in [-0.25, -0.2) is 8.78 Å². The minimum Gasteiger partial charge on any atom is -0.389 e. The van der Waals surface area contributed by atoms with Gasteiger partial charge >= 0.3 is 0 Å². The second kappa shape index (κ2) is 6.45. The smallest absolute Gasteiger partial charge is 0.150 e. The van der Waals surface area contributed by atoms with Gasteiger partial charge in [-0.05, 0) is 44.5 Å². The minimum absolute atomic E-state index is 0.0109. The van der Waals surface area contributed by atoms with Crippen LogP contribution >= 0.6 is 12.2 Å². The summed E-state index contributed by atoms with van der Waals surface area (Å²) < 4.78 is 27.7. The zero-order chi connectivity index (χ0) is 14.7. The molecule has 0 aliphatic carbocycles. The maximum absolute atomic E-state index is 13.9. The number of rotatable bonds is 4. The first-order chi connectivity index (χ1) is 9.47. The summed E-state index contributed by atoms with van der Waals surface area (Å²) in [7, 11) is 2.06. The Balaban J connectivity index is 2.04. The van der Waals surface area contributed by atoms with Crippen molar-refractivity contribution in [3.05, 3.63) is 29.3 Å². The number of halogens is 2. The molecule has 3 N–H and O–H groups in total. The summed E-state index contributed by atoms with van der Waals surface area (Å²) >= 11 is 4.72. The molecule has 20 heavy (non-hydrogen) atoms. The van der Waals surface area contributed by atoms with Crippen molar-refractivity contribution in [3.8, 4) is 0 Å². The van der Waals surface area contributed by atoms with Gasteiger partial charge in [0.25, 0.3) is 0 Å². The molecule has 1 unspecified atom stereocenters. The molecule has 0 bridgehead atoms. The Kier molecular flexibility index (Phi) is 4.88. The van der Waals surface area contributed by atoms with Gasteiger partial charge < -0.3 is 16.0 Å². The highest BCUT2D eigenvalue weighted by atomic mass is 32.1. The van der Waals surface area contributed by atoms with Gasteiger partial charge in [0.15, 0.2) is 0 Å². The van der Waals surface area contributed by atoms with E-state index in [4.69, 9.17) is 18.0 Å². The maximum atomic E-state index is 13.9. The maximum Gasteiger partial charge on any atom is 0.150 e. The monoisotopic (exact) mass is 299 g/mol. The lowest BCUT2D eigenvalue weighted by atomic mass is 9.98. The topological polar surface area (TPSA) is 41.3 Å². The highest BCUT2D eigenvalue weighted by Crippen LogP contribution is 2.22. The highest BCUT2D eigenvalue weighted by molar-refractivity contribution is 7.80. The third-order valence-electron chi connectivity index (χ3n) is 3.62. The molecule has 6 heteroatoms. The summed E-state index contributed by atoms with van der Waals surface area (Å²) in [6.45, 7) is 2.59. The number of piperidine rings is 1. The fourth-order valence-electron chi connectivity index (χ4n) is 2.57. The van der Waals surface area contributed by atoms with Gasteiger partial charge in [-0.15, -0.1) is 0 Å². The summed E-state index contributed by atoms with van der Waals surface area (Å²) in [6.07, 6.45) is 2.19.